The molecule has 0 saturated heterocycles. The van der Waals surface area contributed by atoms with E-state index >= 15 is 0 Å². The maximum absolute atomic E-state index is 11.4. The lowest BCUT2D eigenvalue weighted by Gasteiger charge is -2.25. The minimum absolute atomic E-state index is 0.134. The van der Waals surface area contributed by atoms with Crippen LogP contribution in [0.3, 0.4) is 0 Å². The lowest BCUT2D eigenvalue weighted by atomic mass is 10.1. The van der Waals surface area contributed by atoms with Crippen LogP contribution in [0.1, 0.15) is 34.6 Å². The molecule has 3 N–H and O–H groups in total. The average Bonchev–Trinajstić information content (AvgIpc) is 1.99. The van der Waals surface area contributed by atoms with Gasteiger partial charge in [0.15, 0.2) is 0 Å². The molecule has 5 heteroatoms. The van der Waals surface area contributed by atoms with Gasteiger partial charge >= 0.3 is 6.09 Å². The zero-order valence-electron chi connectivity index (χ0n) is 10.2. The Labute approximate surface area is 91.3 Å². The van der Waals surface area contributed by atoms with Crippen molar-refractivity contribution in [3.05, 3.63) is 0 Å². The third-order valence-electron chi connectivity index (χ3n) is 1.78. The van der Waals surface area contributed by atoms with Crippen molar-refractivity contribution in [3.63, 3.8) is 0 Å². The number of nitrogens with two attached hydrogens (primary N) is 1. The summed E-state index contributed by atoms with van der Waals surface area (Å²) in [4.78, 5) is 15.9. The monoisotopic (exact) mass is 218 g/mol. The number of rotatable bonds is 4. The summed E-state index contributed by atoms with van der Waals surface area (Å²) in [5, 5.41) is 2.71. The molecule has 0 heterocycles. The highest BCUT2D eigenvalue weighted by Crippen LogP contribution is 2.08. The lowest BCUT2D eigenvalue weighted by Crippen LogP contribution is -2.44. The molecule has 0 aliphatic rings. The van der Waals surface area contributed by atoms with Crippen LogP contribution in [-0.2, 0) is 9.57 Å². The van der Waals surface area contributed by atoms with Gasteiger partial charge in [-0.1, -0.05) is 13.8 Å². The predicted molar refractivity (Wildman–Crippen MR) is 58.1 cm³/mol. The summed E-state index contributed by atoms with van der Waals surface area (Å²) in [6, 6.07) is -0.134. The Balaban J connectivity index is 4.11. The molecule has 0 aliphatic heterocycles. The second-order valence-corrected chi connectivity index (χ2v) is 4.83. The van der Waals surface area contributed by atoms with Gasteiger partial charge in [-0.3, -0.25) is 0 Å². The van der Waals surface area contributed by atoms with Crippen LogP contribution in [0.25, 0.3) is 0 Å². The third-order valence-corrected chi connectivity index (χ3v) is 1.78. The average molecular weight is 218 g/mol. The van der Waals surface area contributed by atoms with Crippen molar-refractivity contribution in [1.29, 1.82) is 0 Å². The second kappa shape index (κ2) is 5.92. The quantitative estimate of drug-likeness (QED) is 0.700. The maximum Gasteiger partial charge on any atom is 0.407 e. The summed E-state index contributed by atoms with van der Waals surface area (Å²) >= 11 is 0. The number of alkyl carbamates (subject to hydrolysis) is 1. The van der Waals surface area contributed by atoms with Crippen molar-refractivity contribution < 1.29 is 14.4 Å². The van der Waals surface area contributed by atoms with Crippen LogP contribution in [0.2, 0.25) is 0 Å². The van der Waals surface area contributed by atoms with Crippen molar-refractivity contribution in [2.45, 2.75) is 46.3 Å². The molecule has 1 amide bonds. The van der Waals surface area contributed by atoms with E-state index < -0.39 is 11.7 Å². The predicted octanol–water partition coefficient (Wildman–Crippen LogP) is 1.43. The van der Waals surface area contributed by atoms with E-state index in [4.69, 9.17) is 10.6 Å². The van der Waals surface area contributed by atoms with Crippen molar-refractivity contribution in [2.24, 2.45) is 11.8 Å². The molecular formula is C10H22N2O3. The Morgan fingerprint density at radius 1 is 1.40 bits per heavy atom. The van der Waals surface area contributed by atoms with Crippen LogP contribution in [0.5, 0.6) is 0 Å². The van der Waals surface area contributed by atoms with Crippen LogP contribution >= 0.6 is 0 Å². The highest BCUT2D eigenvalue weighted by Gasteiger charge is 2.21. The van der Waals surface area contributed by atoms with E-state index in [2.05, 4.69) is 10.2 Å². The Hall–Kier alpha value is -0.810. The number of nitrogens with one attached hydrogen (secondary N) is 1. The van der Waals surface area contributed by atoms with Gasteiger partial charge in [-0.2, -0.15) is 0 Å². The van der Waals surface area contributed by atoms with Gasteiger partial charge in [-0.05, 0) is 26.7 Å². The molecular weight excluding hydrogens is 196 g/mol. The van der Waals surface area contributed by atoms with Crippen molar-refractivity contribution in [3.8, 4) is 0 Å². The number of carbonyl (C=O) groups excluding carboxylic acids is 1. The van der Waals surface area contributed by atoms with E-state index in [0.29, 0.717) is 0 Å². The Morgan fingerprint density at radius 3 is 2.27 bits per heavy atom. The molecule has 0 rings (SSSR count). The fourth-order valence-electron chi connectivity index (χ4n) is 0.963. The second-order valence-electron chi connectivity index (χ2n) is 4.83. The molecule has 0 saturated carbocycles. The molecule has 0 aromatic carbocycles. The maximum atomic E-state index is 11.4. The molecule has 0 unspecified atom stereocenters. The molecule has 0 fully saturated rings. The fraction of sp³-hybridized carbons (Fsp3) is 0.900. The van der Waals surface area contributed by atoms with E-state index in [1.54, 1.807) is 0 Å². The molecule has 0 spiro atoms. The molecule has 0 aromatic rings. The number of hydrogen-bond donors (Lipinski definition) is 2. The van der Waals surface area contributed by atoms with Gasteiger partial charge in [0.2, 0.25) is 0 Å². The number of carbonyl (C=O) groups is 1. The van der Waals surface area contributed by atoms with Crippen molar-refractivity contribution in [2.75, 3.05) is 6.61 Å². The summed E-state index contributed by atoms with van der Waals surface area (Å²) in [6.07, 6.45) is -0.446. The summed E-state index contributed by atoms with van der Waals surface area (Å²) < 4.78 is 5.12. The first-order chi connectivity index (χ1) is 6.76. The minimum Gasteiger partial charge on any atom is -0.444 e. The van der Waals surface area contributed by atoms with Crippen LogP contribution < -0.4 is 11.2 Å². The van der Waals surface area contributed by atoms with E-state index in [9.17, 15) is 4.79 Å². The standard InChI is InChI=1S/C10H22N2O3/c1-7(2)8(6-14-11)12-9(13)15-10(3,4)5/h7-8H,6,11H2,1-5H3,(H,12,13)/t8-/m1/s1. The third kappa shape index (κ3) is 7.16. The molecule has 0 aliphatic carbocycles. The fourth-order valence-corrected chi connectivity index (χ4v) is 0.963. The zero-order chi connectivity index (χ0) is 12.1. The first-order valence-corrected chi connectivity index (χ1v) is 5.07. The van der Waals surface area contributed by atoms with Crippen molar-refractivity contribution in [1.82, 2.24) is 5.32 Å². The molecule has 90 valence electrons. The van der Waals surface area contributed by atoms with Gasteiger partial charge in [-0.15, -0.1) is 0 Å². The molecule has 1 atom stereocenters. The highest BCUT2D eigenvalue weighted by atomic mass is 16.6. The molecule has 15 heavy (non-hydrogen) atoms. The van der Waals surface area contributed by atoms with Crippen LogP contribution in [0, 0.1) is 5.92 Å². The molecule has 5 nitrogen and oxygen atoms in total. The Bertz CT molecular complexity index is 199. The lowest BCUT2D eigenvalue weighted by molar-refractivity contribution is 0.0406. The van der Waals surface area contributed by atoms with Crippen LogP contribution in [0.15, 0.2) is 0 Å². The van der Waals surface area contributed by atoms with Gasteiger partial charge in [-0.25, -0.2) is 10.7 Å². The summed E-state index contributed by atoms with van der Waals surface area (Å²) in [5.74, 6) is 5.22. The smallest absolute Gasteiger partial charge is 0.407 e. The molecule has 0 aromatic heterocycles. The SMILES string of the molecule is CC(C)[C@@H](CON)NC(=O)OC(C)(C)C. The van der Waals surface area contributed by atoms with Gasteiger partial charge in [0, 0.05) is 0 Å². The first kappa shape index (κ1) is 14.2. The Kier molecular flexibility index (Phi) is 5.60. The van der Waals surface area contributed by atoms with Crippen LogP contribution in [0.4, 0.5) is 4.79 Å². The zero-order valence-corrected chi connectivity index (χ0v) is 10.2. The van der Waals surface area contributed by atoms with Gasteiger partial charge < -0.3 is 14.9 Å². The van der Waals surface area contributed by atoms with E-state index in [1.807, 2.05) is 34.6 Å². The number of hydrogen-bond acceptors (Lipinski definition) is 4. The number of ether oxygens (including phenoxy) is 1. The summed E-state index contributed by atoms with van der Waals surface area (Å²) in [6.45, 7) is 9.67. The van der Waals surface area contributed by atoms with Gasteiger partial charge in [0.1, 0.15) is 5.60 Å². The molecule has 0 radical (unpaired) electrons. The van der Waals surface area contributed by atoms with E-state index in [1.165, 1.54) is 0 Å². The van der Waals surface area contributed by atoms with Gasteiger partial charge in [0.05, 0.1) is 12.6 Å². The number of amides is 1. The van der Waals surface area contributed by atoms with E-state index in [-0.39, 0.29) is 18.6 Å². The largest absolute Gasteiger partial charge is 0.444 e. The van der Waals surface area contributed by atoms with E-state index in [0.717, 1.165) is 0 Å². The topological polar surface area (TPSA) is 73.6 Å². The van der Waals surface area contributed by atoms with Gasteiger partial charge in [0.25, 0.3) is 0 Å². The summed E-state index contributed by atoms with van der Waals surface area (Å²) in [5.41, 5.74) is -0.491. The van der Waals surface area contributed by atoms with Crippen LogP contribution in [-0.4, -0.2) is 24.3 Å². The minimum atomic E-state index is -0.491. The normalized spacial score (nSPS) is 13.8. The van der Waals surface area contributed by atoms with Crippen molar-refractivity contribution >= 4 is 6.09 Å². The first-order valence-electron chi connectivity index (χ1n) is 5.07. The Morgan fingerprint density at radius 2 is 1.93 bits per heavy atom. The summed E-state index contributed by atoms with van der Waals surface area (Å²) in [7, 11) is 0. The molecule has 0 bridgehead atoms. The highest BCUT2D eigenvalue weighted by molar-refractivity contribution is 5.68.